The van der Waals surface area contributed by atoms with Crippen molar-refractivity contribution in [3.63, 3.8) is 0 Å². The van der Waals surface area contributed by atoms with E-state index in [2.05, 4.69) is 20.6 Å². The molecule has 92 valence electrons. The summed E-state index contributed by atoms with van der Waals surface area (Å²) in [5, 5.41) is 6.27. The molecule has 17 heavy (non-hydrogen) atoms. The number of amides is 1. The van der Waals surface area contributed by atoms with Crippen molar-refractivity contribution in [2.24, 2.45) is 0 Å². The number of carbonyl (C=O) groups is 1. The van der Waals surface area contributed by atoms with Gasteiger partial charge in [0.15, 0.2) is 0 Å². The molecule has 0 aliphatic carbocycles. The molecule has 1 atom stereocenters. The van der Waals surface area contributed by atoms with Crippen molar-refractivity contribution in [2.75, 3.05) is 13.1 Å². The number of piperidine rings is 1. The summed E-state index contributed by atoms with van der Waals surface area (Å²) in [6, 6.07) is 0.395. The third-order valence-electron chi connectivity index (χ3n) is 2.93. The zero-order valence-electron chi connectivity index (χ0n) is 10.1. The van der Waals surface area contributed by atoms with Crippen molar-refractivity contribution in [2.45, 2.75) is 32.2 Å². The second-order valence-corrected chi connectivity index (χ2v) is 4.40. The Hall–Kier alpha value is -1.49. The van der Waals surface area contributed by atoms with E-state index in [0.717, 1.165) is 18.7 Å². The second kappa shape index (κ2) is 5.72. The molecule has 1 aromatic heterocycles. The molecule has 1 fully saturated rings. The van der Waals surface area contributed by atoms with Crippen LogP contribution in [0.3, 0.4) is 0 Å². The molecule has 2 heterocycles. The van der Waals surface area contributed by atoms with E-state index in [-0.39, 0.29) is 5.91 Å². The maximum absolute atomic E-state index is 11.8. The molecule has 1 aromatic rings. The van der Waals surface area contributed by atoms with Crippen molar-refractivity contribution in [3.05, 3.63) is 23.8 Å². The van der Waals surface area contributed by atoms with Gasteiger partial charge in [-0.2, -0.15) is 0 Å². The van der Waals surface area contributed by atoms with E-state index in [9.17, 15) is 4.79 Å². The highest BCUT2D eigenvalue weighted by atomic mass is 16.1. The fraction of sp³-hybridized carbons (Fsp3) is 0.583. The Balaban J connectivity index is 1.82. The first-order valence-corrected chi connectivity index (χ1v) is 6.06. The molecule has 0 spiro atoms. The van der Waals surface area contributed by atoms with E-state index < -0.39 is 0 Å². The van der Waals surface area contributed by atoms with Crippen LogP contribution in [0.25, 0.3) is 0 Å². The normalized spacial score (nSPS) is 19.9. The van der Waals surface area contributed by atoms with Crippen LogP contribution >= 0.6 is 0 Å². The highest BCUT2D eigenvalue weighted by Crippen LogP contribution is 2.05. The van der Waals surface area contributed by atoms with Gasteiger partial charge in [-0.15, -0.1) is 0 Å². The molecule has 2 N–H and O–H groups in total. The van der Waals surface area contributed by atoms with Crippen LogP contribution in [0.15, 0.2) is 12.4 Å². The van der Waals surface area contributed by atoms with E-state index in [0.29, 0.717) is 18.3 Å². The van der Waals surface area contributed by atoms with Crippen molar-refractivity contribution in [1.29, 1.82) is 0 Å². The Morgan fingerprint density at radius 3 is 3.00 bits per heavy atom. The fourth-order valence-electron chi connectivity index (χ4n) is 1.91. The van der Waals surface area contributed by atoms with Crippen molar-refractivity contribution in [1.82, 2.24) is 20.6 Å². The lowest BCUT2D eigenvalue weighted by atomic mass is 10.1. The van der Waals surface area contributed by atoms with Gasteiger partial charge in [-0.1, -0.05) is 6.42 Å². The topological polar surface area (TPSA) is 66.9 Å². The molecular formula is C12H18N4O. The molecule has 1 amide bonds. The predicted molar refractivity (Wildman–Crippen MR) is 64.7 cm³/mol. The summed E-state index contributed by atoms with van der Waals surface area (Å²) in [7, 11) is 0. The SMILES string of the molecule is Cc1cnc(C(=O)NCC2CCCCN2)cn1. The summed E-state index contributed by atoms with van der Waals surface area (Å²) < 4.78 is 0. The van der Waals surface area contributed by atoms with Gasteiger partial charge in [0.05, 0.1) is 11.9 Å². The summed E-state index contributed by atoms with van der Waals surface area (Å²) in [5.74, 6) is -0.148. The molecule has 1 aliphatic rings. The minimum atomic E-state index is -0.148. The van der Waals surface area contributed by atoms with Gasteiger partial charge in [0.1, 0.15) is 5.69 Å². The maximum Gasteiger partial charge on any atom is 0.271 e. The minimum Gasteiger partial charge on any atom is -0.349 e. The van der Waals surface area contributed by atoms with E-state index in [4.69, 9.17) is 0 Å². The van der Waals surface area contributed by atoms with Gasteiger partial charge in [0.25, 0.3) is 5.91 Å². The molecule has 0 radical (unpaired) electrons. The Morgan fingerprint density at radius 1 is 1.47 bits per heavy atom. The van der Waals surface area contributed by atoms with Crippen LogP contribution in [-0.2, 0) is 0 Å². The number of aromatic nitrogens is 2. The van der Waals surface area contributed by atoms with Crippen LogP contribution in [0.4, 0.5) is 0 Å². The summed E-state index contributed by atoms with van der Waals surface area (Å²) >= 11 is 0. The molecule has 0 saturated carbocycles. The lowest BCUT2D eigenvalue weighted by molar-refractivity contribution is 0.0942. The van der Waals surface area contributed by atoms with Gasteiger partial charge >= 0.3 is 0 Å². The monoisotopic (exact) mass is 234 g/mol. The zero-order valence-corrected chi connectivity index (χ0v) is 10.1. The first-order chi connectivity index (χ1) is 8.25. The van der Waals surface area contributed by atoms with Crippen LogP contribution in [0.2, 0.25) is 0 Å². The van der Waals surface area contributed by atoms with Crippen LogP contribution in [-0.4, -0.2) is 35.0 Å². The zero-order chi connectivity index (χ0) is 12.1. The van der Waals surface area contributed by atoms with Crippen molar-refractivity contribution in [3.8, 4) is 0 Å². The molecule has 5 nitrogen and oxygen atoms in total. The first kappa shape index (κ1) is 12.0. The third-order valence-corrected chi connectivity index (χ3v) is 2.93. The van der Waals surface area contributed by atoms with Gasteiger partial charge < -0.3 is 10.6 Å². The molecule has 1 saturated heterocycles. The fourth-order valence-corrected chi connectivity index (χ4v) is 1.91. The van der Waals surface area contributed by atoms with E-state index in [1.807, 2.05) is 6.92 Å². The second-order valence-electron chi connectivity index (χ2n) is 4.40. The van der Waals surface area contributed by atoms with Crippen molar-refractivity contribution < 1.29 is 4.79 Å². The van der Waals surface area contributed by atoms with E-state index >= 15 is 0 Å². The molecular weight excluding hydrogens is 216 g/mol. The summed E-state index contributed by atoms with van der Waals surface area (Å²) in [4.78, 5) is 19.9. The average Bonchev–Trinajstić information content (AvgIpc) is 2.38. The molecule has 0 bridgehead atoms. The van der Waals surface area contributed by atoms with Gasteiger partial charge in [0.2, 0.25) is 0 Å². The Morgan fingerprint density at radius 2 is 2.35 bits per heavy atom. The van der Waals surface area contributed by atoms with Gasteiger partial charge in [-0.3, -0.25) is 9.78 Å². The van der Waals surface area contributed by atoms with Crippen LogP contribution in [0.1, 0.15) is 35.4 Å². The third kappa shape index (κ3) is 3.49. The van der Waals surface area contributed by atoms with Crippen molar-refractivity contribution >= 4 is 5.91 Å². The number of rotatable bonds is 3. The minimum absolute atomic E-state index is 0.148. The van der Waals surface area contributed by atoms with Crippen LogP contribution in [0.5, 0.6) is 0 Å². The average molecular weight is 234 g/mol. The summed E-state index contributed by atoms with van der Waals surface area (Å²) in [6.07, 6.45) is 6.71. The number of aryl methyl sites for hydroxylation is 1. The summed E-state index contributed by atoms with van der Waals surface area (Å²) in [5.41, 5.74) is 1.20. The first-order valence-electron chi connectivity index (χ1n) is 6.06. The highest BCUT2D eigenvalue weighted by molar-refractivity contribution is 5.91. The lowest BCUT2D eigenvalue weighted by Gasteiger charge is -2.23. The number of nitrogens with zero attached hydrogens (tertiary/aromatic N) is 2. The molecule has 5 heteroatoms. The van der Waals surface area contributed by atoms with E-state index in [1.54, 1.807) is 6.20 Å². The lowest BCUT2D eigenvalue weighted by Crippen LogP contribution is -2.43. The highest BCUT2D eigenvalue weighted by Gasteiger charge is 2.14. The summed E-state index contributed by atoms with van der Waals surface area (Å²) in [6.45, 7) is 3.56. The number of hydrogen-bond acceptors (Lipinski definition) is 4. The smallest absolute Gasteiger partial charge is 0.271 e. The molecule has 0 aromatic carbocycles. The number of hydrogen-bond donors (Lipinski definition) is 2. The Bertz CT molecular complexity index is 371. The standard InChI is InChI=1S/C12H18N4O/c1-9-6-15-11(8-14-9)12(17)16-7-10-4-2-3-5-13-10/h6,8,10,13H,2-5,7H2,1H3,(H,16,17). The number of nitrogens with one attached hydrogen (secondary N) is 2. The quantitative estimate of drug-likeness (QED) is 0.806. The van der Waals surface area contributed by atoms with Gasteiger partial charge in [-0.05, 0) is 26.3 Å². The molecule has 1 unspecified atom stereocenters. The predicted octanol–water partition coefficient (Wildman–Crippen LogP) is 0.657. The Kier molecular flexibility index (Phi) is 4.03. The van der Waals surface area contributed by atoms with Crippen LogP contribution in [0, 0.1) is 6.92 Å². The molecule has 2 rings (SSSR count). The maximum atomic E-state index is 11.8. The van der Waals surface area contributed by atoms with Crippen LogP contribution < -0.4 is 10.6 Å². The van der Waals surface area contributed by atoms with Gasteiger partial charge in [-0.25, -0.2) is 4.98 Å². The van der Waals surface area contributed by atoms with Gasteiger partial charge in [0, 0.05) is 18.8 Å². The molecule has 1 aliphatic heterocycles. The number of carbonyl (C=O) groups excluding carboxylic acids is 1. The Labute approximate surface area is 101 Å². The largest absolute Gasteiger partial charge is 0.349 e. The van der Waals surface area contributed by atoms with E-state index in [1.165, 1.54) is 19.0 Å².